The Morgan fingerprint density at radius 2 is 2.15 bits per heavy atom. The average molecular weight is 305 g/mol. The van der Waals surface area contributed by atoms with Gasteiger partial charge in [-0.2, -0.15) is 0 Å². The van der Waals surface area contributed by atoms with Crippen LogP contribution in [0.3, 0.4) is 0 Å². The van der Waals surface area contributed by atoms with E-state index in [9.17, 15) is 0 Å². The predicted octanol–water partition coefficient (Wildman–Crippen LogP) is 3.42. The van der Waals surface area contributed by atoms with E-state index in [-0.39, 0.29) is 0 Å². The maximum absolute atomic E-state index is 3.61. The van der Waals surface area contributed by atoms with Crippen molar-refractivity contribution < 1.29 is 0 Å². The second-order valence-electron chi connectivity index (χ2n) is 3.34. The second kappa shape index (κ2) is 3.71. The fraction of sp³-hybridized carbons (Fsp3) is 0.400. The van der Waals surface area contributed by atoms with Crippen LogP contribution in [0.2, 0.25) is 0 Å². The zero-order valence-corrected chi connectivity index (χ0v) is 10.6. The quantitative estimate of drug-likeness (QED) is 0.838. The van der Waals surface area contributed by atoms with E-state index in [4.69, 9.17) is 0 Å². The molecule has 3 heteroatoms. The number of nitrogens with one attached hydrogen (secondary N) is 1. The lowest BCUT2D eigenvalue weighted by molar-refractivity contribution is 0.589. The Kier molecular flexibility index (Phi) is 2.77. The molecule has 0 fully saturated rings. The van der Waals surface area contributed by atoms with Gasteiger partial charge in [0.25, 0.3) is 0 Å². The van der Waals surface area contributed by atoms with Gasteiger partial charge in [-0.3, -0.25) is 0 Å². The summed E-state index contributed by atoms with van der Waals surface area (Å²) < 4.78 is 2.38. The summed E-state index contributed by atoms with van der Waals surface area (Å²) in [6, 6.07) is 4.86. The summed E-state index contributed by atoms with van der Waals surface area (Å²) >= 11 is 7.12. The van der Waals surface area contributed by atoms with Crippen LogP contribution < -0.4 is 5.32 Å². The van der Waals surface area contributed by atoms with Crippen molar-refractivity contribution in [1.29, 1.82) is 0 Å². The smallest absolute Gasteiger partial charge is 0.0334 e. The van der Waals surface area contributed by atoms with Crippen molar-refractivity contribution in [3.8, 4) is 0 Å². The Hall–Kier alpha value is 0.140. The minimum absolute atomic E-state index is 0.525. The minimum atomic E-state index is 0.525. The standard InChI is InChI=1S/C10H11Br2N/c1-13-9-3-2-6-4-7(11)5-8(12)10(6)9/h4-5,9,13H,2-3H2,1H3. The molecule has 0 amide bonds. The number of hydrogen-bond donors (Lipinski definition) is 1. The highest BCUT2D eigenvalue weighted by Gasteiger charge is 2.23. The van der Waals surface area contributed by atoms with Gasteiger partial charge in [-0.1, -0.05) is 31.9 Å². The molecule has 0 spiro atoms. The van der Waals surface area contributed by atoms with Gasteiger partial charge in [0.05, 0.1) is 0 Å². The van der Waals surface area contributed by atoms with E-state index < -0.39 is 0 Å². The van der Waals surface area contributed by atoms with Crippen molar-refractivity contribution in [2.24, 2.45) is 0 Å². The third-order valence-electron chi connectivity index (χ3n) is 2.58. The van der Waals surface area contributed by atoms with Gasteiger partial charge in [-0.25, -0.2) is 0 Å². The molecular weight excluding hydrogens is 294 g/mol. The van der Waals surface area contributed by atoms with E-state index in [2.05, 4.69) is 49.3 Å². The molecule has 1 unspecified atom stereocenters. The summed E-state index contributed by atoms with van der Waals surface area (Å²) in [6.07, 6.45) is 2.39. The van der Waals surface area contributed by atoms with Crippen molar-refractivity contribution in [2.75, 3.05) is 7.05 Å². The Bertz CT molecular complexity index is 336. The lowest BCUT2D eigenvalue weighted by atomic mass is 10.1. The van der Waals surface area contributed by atoms with Crippen molar-refractivity contribution in [3.63, 3.8) is 0 Å². The first-order valence-corrected chi connectivity index (χ1v) is 5.96. The summed E-state index contributed by atoms with van der Waals surface area (Å²) in [4.78, 5) is 0. The molecule has 70 valence electrons. The first-order valence-electron chi connectivity index (χ1n) is 4.37. The van der Waals surface area contributed by atoms with Crippen molar-refractivity contribution >= 4 is 31.9 Å². The zero-order valence-electron chi connectivity index (χ0n) is 7.40. The molecule has 1 aromatic rings. The molecule has 0 aliphatic heterocycles. The van der Waals surface area contributed by atoms with Crippen LogP contribution in [0, 0.1) is 0 Å². The van der Waals surface area contributed by atoms with Crippen LogP contribution in [0.1, 0.15) is 23.6 Å². The summed E-state index contributed by atoms with van der Waals surface area (Å²) in [5.74, 6) is 0. The fourth-order valence-corrected chi connectivity index (χ4v) is 3.56. The third-order valence-corrected chi connectivity index (χ3v) is 3.69. The van der Waals surface area contributed by atoms with Gasteiger partial charge in [-0.15, -0.1) is 0 Å². The van der Waals surface area contributed by atoms with E-state index >= 15 is 0 Å². The van der Waals surface area contributed by atoms with Gasteiger partial charge in [0.1, 0.15) is 0 Å². The van der Waals surface area contributed by atoms with Crippen LogP contribution >= 0.6 is 31.9 Å². The minimum Gasteiger partial charge on any atom is -0.313 e. The van der Waals surface area contributed by atoms with Crippen LogP contribution in [0.15, 0.2) is 21.1 Å². The molecule has 2 rings (SSSR count). The van der Waals surface area contributed by atoms with Crippen molar-refractivity contribution in [2.45, 2.75) is 18.9 Å². The van der Waals surface area contributed by atoms with E-state index in [0.717, 1.165) is 4.47 Å². The average Bonchev–Trinajstić information content (AvgIpc) is 2.47. The molecule has 0 saturated heterocycles. The van der Waals surface area contributed by atoms with Crippen LogP contribution in [0.5, 0.6) is 0 Å². The topological polar surface area (TPSA) is 12.0 Å². The summed E-state index contributed by atoms with van der Waals surface area (Å²) in [5, 5.41) is 3.34. The zero-order chi connectivity index (χ0) is 9.42. The lowest BCUT2D eigenvalue weighted by Crippen LogP contribution is -2.13. The lowest BCUT2D eigenvalue weighted by Gasteiger charge is -2.12. The van der Waals surface area contributed by atoms with Crippen molar-refractivity contribution in [1.82, 2.24) is 5.32 Å². The molecule has 13 heavy (non-hydrogen) atoms. The normalized spacial score (nSPS) is 20.4. The first kappa shape index (κ1) is 9.69. The highest BCUT2D eigenvalue weighted by atomic mass is 79.9. The fourth-order valence-electron chi connectivity index (χ4n) is 1.97. The van der Waals surface area contributed by atoms with E-state index in [1.807, 2.05) is 7.05 Å². The highest BCUT2D eigenvalue weighted by molar-refractivity contribution is 9.11. The van der Waals surface area contributed by atoms with Crippen molar-refractivity contribution in [3.05, 3.63) is 32.2 Å². The monoisotopic (exact) mass is 303 g/mol. The molecule has 1 N–H and O–H groups in total. The number of benzene rings is 1. The second-order valence-corrected chi connectivity index (χ2v) is 5.11. The van der Waals surface area contributed by atoms with Crippen LogP contribution in [0.4, 0.5) is 0 Å². The van der Waals surface area contributed by atoms with Crippen LogP contribution in [-0.4, -0.2) is 7.05 Å². The molecule has 0 radical (unpaired) electrons. The van der Waals surface area contributed by atoms with Crippen LogP contribution in [-0.2, 0) is 6.42 Å². The summed E-state index contributed by atoms with van der Waals surface area (Å²) in [7, 11) is 2.02. The number of fused-ring (bicyclic) bond motifs is 1. The predicted molar refractivity (Wildman–Crippen MR) is 62.0 cm³/mol. The SMILES string of the molecule is CNC1CCc2cc(Br)cc(Br)c21. The maximum atomic E-state index is 3.61. The molecule has 1 aliphatic carbocycles. The first-order chi connectivity index (χ1) is 6.22. The Balaban J connectivity index is 2.51. The number of halogens is 2. The largest absolute Gasteiger partial charge is 0.313 e. The molecule has 0 saturated carbocycles. The molecule has 0 aromatic heterocycles. The van der Waals surface area contributed by atoms with E-state index in [1.165, 1.54) is 28.4 Å². The number of rotatable bonds is 1. The molecule has 1 aliphatic rings. The third kappa shape index (κ3) is 1.69. The highest BCUT2D eigenvalue weighted by Crippen LogP contribution is 2.38. The van der Waals surface area contributed by atoms with E-state index in [0.29, 0.717) is 6.04 Å². The summed E-state index contributed by atoms with van der Waals surface area (Å²) in [5.41, 5.74) is 2.89. The summed E-state index contributed by atoms with van der Waals surface area (Å²) in [6.45, 7) is 0. The van der Waals surface area contributed by atoms with Gasteiger partial charge in [0.15, 0.2) is 0 Å². The van der Waals surface area contributed by atoms with E-state index in [1.54, 1.807) is 0 Å². The molecule has 1 nitrogen and oxygen atoms in total. The molecule has 0 bridgehead atoms. The van der Waals surface area contributed by atoms with Gasteiger partial charge in [0, 0.05) is 15.0 Å². The Morgan fingerprint density at radius 3 is 2.85 bits per heavy atom. The number of aryl methyl sites for hydroxylation is 1. The molecule has 1 aromatic carbocycles. The van der Waals surface area contributed by atoms with Gasteiger partial charge >= 0.3 is 0 Å². The number of hydrogen-bond acceptors (Lipinski definition) is 1. The Morgan fingerprint density at radius 1 is 1.38 bits per heavy atom. The molecule has 0 heterocycles. The Labute approximate surface area is 95.2 Å². The van der Waals surface area contributed by atoms with Gasteiger partial charge in [0.2, 0.25) is 0 Å². The van der Waals surface area contributed by atoms with Crippen LogP contribution in [0.25, 0.3) is 0 Å². The maximum Gasteiger partial charge on any atom is 0.0334 e. The molecule has 1 atom stereocenters. The van der Waals surface area contributed by atoms with Gasteiger partial charge < -0.3 is 5.32 Å². The molecular formula is C10H11Br2N. The van der Waals surface area contributed by atoms with Gasteiger partial charge in [-0.05, 0) is 43.1 Å².